The molecule has 0 aliphatic heterocycles. The molecule has 0 radical (unpaired) electrons. The third-order valence-corrected chi connectivity index (χ3v) is 3.94. The molecule has 0 fully saturated rings. The second-order valence-electron chi connectivity index (χ2n) is 5.03. The Kier molecular flexibility index (Phi) is 4.95. The summed E-state index contributed by atoms with van der Waals surface area (Å²) in [4.78, 5) is 20.3. The minimum Gasteiger partial charge on any atom is -0.352 e. The Hall–Kier alpha value is -2.61. The fourth-order valence-corrected chi connectivity index (χ4v) is 2.61. The molecule has 0 saturated heterocycles. The molecule has 1 amide bonds. The number of hydrogen-bond acceptors (Lipinski definition) is 4. The Bertz CT molecular complexity index is 853. The van der Waals surface area contributed by atoms with Gasteiger partial charge in [0.05, 0.1) is 10.9 Å². The summed E-state index contributed by atoms with van der Waals surface area (Å²) in [5.74, 6) is 0.0914. The molecule has 6 nitrogen and oxygen atoms in total. The number of carbonyl (C=O) groups excluding carboxylic acids is 1. The van der Waals surface area contributed by atoms with Gasteiger partial charge in [0, 0.05) is 18.3 Å². The topological polar surface area (TPSA) is 72.7 Å². The van der Waals surface area contributed by atoms with Crippen LogP contribution in [0.2, 0.25) is 0 Å². The van der Waals surface area contributed by atoms with Gasteiger partial charge in [0.15, 0.2) is 5.82 Å². The van der Waals surface area contributed by atoms with Crippen LogP contribution in [0.15, 0.2) is 53.7 Å². The van der Waals surface area contributed by atoms with E-state index in [0.717, 1.165) is 11.1 Å². The predicted octanol–water partition coefficient (Wildman–Crippen LogP) is 2.42. The summed E-state index contributed by atoms with van der Waals surface area (Å²) in [6, 6.07) is 8.17. The average Bonchev–Trinajstić information content (AvgIpc) is 3.11. The Morgan fingerprint density at radius 3 is 2.96 bits per heavy atom. The molecule has 1 N–H and O–H groups in total. The highest BCUT2D eigenvalue weighted by molar-refractivity contribution is 9.10. The highest BCUT2D eigenvalue weighted by Crippen LogP contribution is 2.17. The van der Waals surface area contributed by atoms with Crippen LogP contribution in [-0.4, -0.2) is 25.7 Å². The molecule has 0 aliphatic carbocycles. The third-order valence-electron chi connectivity index (χ3n) is 3.33. The van der Waals surface area contributed by atoms with E-state index in [1.54, 1.807) is 35.4 Å². The molecular formula is C16H13BrFN5O. The van der Waals surface area contributed by atoms with Gasteiger partial charge in [-0.1, -0.05) is 12.1 Å². The zero-order valence-corrected chi connectivity index (χ0v) is 14.1. The lowest BCUT2D eigenvalue weighted by atomic mass is 10.1. The van der Waals surface area contributed by atoms with Gasteiger partial charge < -0.3 is 5.32 Å². The minimum atomic E-state index is -0.355. The summed E-state index contributed by atoms with van der Waals surface area (Å²) in [6.45, 7) is 0.310. The van der Waals surface area contributed by atoms with E-state index in [2.05, 4.69) is 36.3 Å². The maximum absolute atomic E-state index is 13.2. The number of amides is 1. The number of aromatic nitrogens is 4. The second-order valence-corrected chi connectivity index (χ2v) is 5.88. The van der Waals surface area contributed by atoms with E-state index in [1.807, 2.05) is 6.07 Å². The van der Waals surface area contributed by atoms with Crippen LogP contribution in [0.5, 0.6) is 0 Å². The monoisotopic (exact) mass is 389 g/mol. The first kappa shape index (κ1) is 16.3. The first-order valence-electron chi connectivity index (χ1n) is 7.13. The van der Waals surface area contributed by atoms with Crippen LogP contribution in [0.4, 0.5) is 4.39 Å². The predicted molar refractivity (Wildman–Crippen MR) is 88.8 cm³/mol. The largest absolute Gasteiger partial charge is 0.352 e. The summed E-state index contributed by atoms with van der Waals surface area (Å²) in [5, 5.41) is 6.88. The summed E-state index contributed by atoms with van der Waals surface area (Å²) in [5.41, 5.74) is 1.54. The van der Waals surface area contributed by atoms with Gasteiger partial charge in [-0.3, -0.25) is 4.79 Å². The number of halogens is 2. The van der Waals surface area contributed by atoms with Crippen LogP contribution in [0.25, 0.3) is 5.82 Å². The highest BCUT2D eigenvalue weighted by Gasteiger charge is 2.09. The molecule has 1 aromatic carbocycles. The number of pyridine rings is 1. The molecule has 3 aromatic rings. The summed E-state index contributed by atoms with van der Waals surface area (Å²) >= 11 is 3.11. The van der Waals surface area contributed by atoms with Crippen LogP contribution in [0.1, 0.15) is 11.1 Å². The van der Waals surface area contributed by atoms with Crippen LogP contribution in [0, 0.1) is 5.82 Å². The van der Waals surface area contributed by atoms with E-state index in [9.17, 15) is 9.18 Å². The van der Waals surface area contributed by atoms with Crippen molar-refractivity contribution in [3.05, 3.63) is 70.6 Å². The first-order chi connectivity index (χ1) is 11.6. The minimum absolute atomic E-state index is 0.164. The molecule has 2 heterocycles. The highest BCUT2D eigenvalue weighted by atomic mass is 79.9. The Morgan fingerprint density at radius 2 is 2.21 bits per heavy atom. The number of rotatable bonds is 5. The van der Waals surface area contributed by atoms with Crippen molar-refractivity contribution >= 4 is 21.8 Å². The standard InChI is InChI=1S/C16H13BrFN5O/c17-13-6-11(3-4-14(13)18)7-15(24)21-8-12-2-1-5-20-16(12)23-10-19-9-22-23/h1-6,9-10H,7-8H2,(H,21,24). The number of nitrogens with zero attached hydrogens (tertiary/aromatic N) is 4. The number of carbonyl (C=O) groups is 1. The molecule has 0 spiro atoms. The fraction of sp³-hybridized carbons (Fsp3) is 0.125. The smallest absolute Gasteiger partial charge is 0.224 e. The van der Waals surface area contributed by atoms with Crippen molar-refractivity contribution in [2.75, 3.05) is 0 Å². The van der Waals surface area contributed by atoms with Crippen molar-refractivity contribution in [1.29, 1.82) is 0 Å². The molecule has 0 aliphatic rings. The van der Waals surface area contributed by atoms with Crippen LogP contribution in [0.3, 0.4) is 0 Å². The molecule has 122 valence electrons. The van der Waals surface area contributed by atoms with E-state index in [-0.39, 0.29) is 18.1 Å². The first-order valence-corrected chi connectivity index (χ1v) is 7.92. The SMILES string of the molecule is O=C(Cc1ccc(F)c(Br)c1)NCc1cccnc1-n1cncn1. The van der Waals surface area contributed by atoms with Gasteiger partial charge >= 0.3 is 0 Å². The van der Waals surface area contributed by atoms with Crippen molar-refractivity contribution in [2.45, 2.75) is 13.0 Å². The van der Waals surface area contributed by atoms with E-state index in [4.69, 9.17) is 0 Å². The van der Waals surface area contributed by atoms with Gasteiger partial charge in [-0.15, -0.1) is 0 Å². The number of hydrogen-bond donors (Lipinski definition) is 1. The maximum Gasteiger partial charge on any atom is 0.224 e. The molecule has 0 saturated carbocycles. The summed E-state index contributed by atoms with van der Waals surface area (Å²) < 4.78 is 15.1. The quantitative estimate of drug-likeness (QED) is 0.727. The van der Waals surface area contributed by atoms with Crippen molar-refractivity contribution < 1.29 is 9.18 Å². The summed E-state index contributed by atoms with van der Waals surface area (Å²) in [7, 11) is 0. The van der Waals surface area contributed by atoms with E-state index in [0.29, 0.717) is 16.8 Å². The third kappa shape index (κ3) is 3.83. The average molecular weight is 390 g/mol. The lowest BCUT2D eigenvalue weighted by Crippen LogP contribution is -2.25. The van der Waals surface area contributed by atoms with Gasteiger partial charge in [0.25, 0.3) is 0 Å². The van der Waals surface area contributed by atoms with Gasteiger partial charge in [-0.2, -0.15) is 5.10 Å². The van der Waals surface area contributed by atoms with Crippen LogP contribution < -0.4 is 5.32 Å². The molecule has 0 atom stereocenters. The van der Waals surface area contributed by atoms with Gasteiger partial charge in [0.1, 0.15) is 18.5 Å². The van der Waals surface area contributed by atoms with Gasteiger partial charge in [0.2, 0.25) is 5.91 Å². The molecule has 0 bridgehead atoms. The lowest BCUT2D eigenvalue weighted by Gasteiger charge is -2.09. The Labute approximate surface area is 145 Å². The number of nitrogens with one attached hydrogen (secondary N) is 1. The maximum atomic E-state index is 13.2. The van der Waals surface area contributed by atoms with Crippen LogP contribution >= 0.6 is 15.9 Å². The molecular weight excluding hydrogens is 377 g/mol. The van der Waals surface area contributed by atoms with Gasteiger partial charge in [-0.05, 0) is 39.7 Å². The van der Waals surface area contributed by atoms with E-state index in [1.165, 1.54) is 12.4 Å². The zero-order chi connectivity index (χ0) is 16.9. The van der Waals surface area contributed by atoms with Crippen LogP contribution in [-0.2, 0) is 17.8 Å². The molecule has 3 rings (SSSR count). The van der Waals surface area contributed by atoms with Gasteiger partial charge in [-0.25, -0.2) is 19.0 Å². The van der Waals surface area contributed by atoms with E-state index >= 15 is 0 Å². The fourth-order valence-electron chi connectivity index (χ4n) is 2.18. The molecule has 24 heavy (non-hydrogen) atoms. The Balaban J connectivity index is 1.66. The van der Waals surface area contributed by atoms with Crippen molar-refractivity contribution in [3.8, 4) is 5.82 Å². The van der Waals surface area contributed by atoms with Crippen molar-refractivity contribution in [1.82, 2.24) is 25.1 Å². The molecule has 2 aromatic heterocycles. The molecule has 0 unspecified atom stereocenters. The second kappa shape index (κ2) is 7.31. The summed E-state index contributed by atoms with van der Waals surface area (Å²) in [6.07, 6.45) is 4.78. The Morgan fingerprint density at radius 1 is 1.33 bits per heavy atom. The molecule has 8 heteroatoms. The number of benzene rings is 1. The lowest BCUT2D eigenvalue weighted by molar-refractivity contribution is -0.120. The zero-order valence-electron chi connectivity index (χ0n) is 12.5. The van der Waals surface area contributed by atoms with Crippen molar-refractivity contribution in [3.63, 3.8) is 0 Å². The van der Waals surface area contributed by atoms with Crippen molar-refractivity contribution in [2.24, 2.45) is 0 Å². The van der Waals surface area contributed by atoms with E-state index < -0.39 is 0 Å². The normalized spacial score (nSPS) is 10.6.